The number of hydrogen-bond donors (Lipinski definition) is 1. The summed E-state index contributed by atoms with van der Waals surface area (Å²) < 4.78 is 59.6. The van der Waals surface area contributed by atoms with E-state index in [1.54, 1.807) is 44.2 Å². The molecule has 0 saturated carbocycles. The first kappa shape index (κ1) is 28.1. The van der Waals surface area contributed by atoms with Crippen LogP contribution in [0.5, 0.6) is 5.75 Å². The lowest BCUT2D eigenvalue weighted by Gasteiger charge is -2.26. The van der Waals surface area contributed by atoms with Crippen LogP contribution in [-0.2, 0) is 31.3 Å². The Labute approximate surface area is 214 Å². The van der Waals surface area contributed by atoms with E-state index in [1.807, 2.05) is 0 Å². The summed E-state index contributed by atoms with van der Waals surface area (Å²) in [7, 11) is -5.66. The van der Waals surface area contributed by atoms with E-state index in [-0.39, 0.29) is 28.5 Å². The number of ether oxygens (including phenoxy) is 1. The van der Waals surface area contributed by atoms with Gasteiger partial charge in [0.1, 0.15) is 5.75 Å². The normalized spacial score (nSPS) is 15.1. The van der Waals surface area contributed by atoms with Crippen molar-refractivity contribution in [3.63, 3.8) is 0 Å². The van der Waals surface area contributed by atoms with Gasteiger partial charge in [-0.1, -0.05) is 20.3 Å². The topological polar surface area (TPSA) is 113 Å². The van der Waals surface area contributed by atoms with Gasteiger partial charge in [-0.2, -0.15) is 8.61 Å². The second-order valence-corrected chi connectivity index (χ2v) is 12.5. The number of nitrogens with zero attached hydrogens (tertiary/aromatic N) is 2. The third-order valence-electron chi connectivity index (χ3n) is 6.31. The lowest BCUT2D eigenvalue weighted by atomic mass is 10.1. The maximum absolute atomic E-state index is 13.1. The van der Waals surface area contributed by atoms with Crippen molar-refractivity contribution in [2.45, 2.75) is 55.7 Å². The first-order valence-electron chi connectivity index (χ1n) is 12.2. The molecular weight excluding hydrogens is 502 g/mol. The van der Waals surface area contributed by atoms with Crippen molar-refractivity contribution in [2.75, 3.05) is 38.6 Å². The van der Waals surface area contributed by atoms with Gasteiger partial charge in [0.05, 0.1) is 16.9 Å². The van der Waals surface area contributed by atoms with E-state index >= 15 is 0 Å². The predicted molar refractivity (Wildman–Crippen MR) is 139 cm³/mol. The summed E-state index contributed by atoms with van der Waals surface area (Å²) in [6, 6.07) is 10.8. The van der Waals surface area contributed by atoms with Gasteiger partial charge < -0.3 is 10.1 Å². The second kappa shape index (κ2) is 12.2. The molecule has 0 aliphatic carbocycles. The van der Waals surface area contributed by atoms with Crippen molar-refractivity contribution < 1.29 is 26.4 Å². The highest BCUT2D eigenvalue weighted by molar-refractivity contribution is 7.89. The Morgan fingerprint density at radius 3 is 2.14 bits per heavy atom. The number of methoxy groups -OCH3 is 1. The van der Waals surface area contributed by atoms with Gasteiger partial charge >= 0.3 is 0 Å². The zero-order chi connectivity index (χ0) is 26.3. The molecule has 1 fully saturated rings. The highest BCUT2D eigenvalue weighted by Crippen LogP contribution is 2.27. The Hall–Kier alpha value is -2.47. The minimum atomic E-state index is -3.60. The fourth-order valence-corrected chi connectivity index (χ4v) is 7.29. The zero-order valence-electron chi connectivity index (χ0n) is 21.1. The Balaban J connectivity index is 1.67. The molecule has 2 aromatic rings. The number of carbonyl (C=O) groups is 1. The Morgan fingerprint density at radius 1 is 0.944 bits per heavy atom. The van der Waals surface area contributed by atoms with Crippen LogP contribution in [0, 0.1) is 0 Å². The highest BCUT2D eigenvalue weighted by Gasteiger charge is 2.27. The van der Waals surface area contributed by atoms with Crippen LogP contribution in [-0.4, -0.2) is 64.6 Å². The molecule has 1 aliphatic rings. The number of hydrogen-bond acceptors (Lipinski definition) is 6. The van der Waals surface area contributed by atoms with Gasteiger partial charge in [-0.3, -0.25) is 4.79 Å². The quantitative estimate of drug-likeness (QED) is 0.470. The standard InChI is InChI=1S/C25H35N3O6S2/c1-4-27(5-2)35(30,31)22-12-10-21(11-13-22)26-25(29)16-9-20-19-23(14-15-24(20)34-3)36(32,33)28-17-7-6-8-18-28/h10-15,19H,4-9,16-18H2,1-3H3,(H,26,29). The summed E-state index contributed by atoms with van der Waals surface area (Å²) in [5.41, 5.74) is 1.11. The van der Waals surface area contributed by atoms with Crippen LogP contribution in [0.15, 0.2) is 52.3 Å². The molecule has 11 heteroatoms. The minimum Gasteiger partial charge on any atom is -0.496 e. The predicted octanol–water partition coefficient (Wildman–Crippen LogP) is 3.47. The molecule has 1 aliphatic heterocycles. The number of amides is 1. The number of aryl methyl sites for hydroxylation is 1. The number of sulfonamides is 2. The molecule has 2 aromatic carbocycles. The Morgan fingerprint density at radius 2 is 1.56 bits per heavy atom. The first-order valence-corrected chi connectivity index (χ1v) is 15.1. The van der Waals surface area contributed by atoms with Crippen LogP contribution < -0.4 is 10.1 Å². The maximum Gasteiger partial charge on any atom is 0.243 e. The van der Waals surface area contributed by atoms with Gasteiger partial charge in [-0.25, -0.2) is 16.8 Å². The summed E-state index contributed by atoms with van der Waals surface area (Å²) in [5, 5.41) is 2.77. The molecule has 0 unspecified atom stereocenters. The minimum absolute atomic E-state index is 0.100. The van der Waals surface area contributed by atoms with Crippen molar-refractivity contribution in [1.82, 2.24) is 8.61 Å². The van der Waals surface area contributed by atoms with Crippen LogP contribution in [0.1, 0.15) is 45.1 Å². The molecule has 36 heavy (non-hydrogen) atoms. The Kier molecular flexibility index (Phi) is 9.51. The molecule has 0 aromatic heterocycles. The van der Waals surface area contributed by atoms with Crippen LogP contribution >= 0.6 is 0 Å². The monoisotopic (exact) mass is 537 g/mol. The van der Waals surface area contributed by atoms with Gasteiger partial charge in [0, 0.05) is 38.3 Å². The lowest BCUT2D eigenvalue weighted by molar-refractivity contribution is -0.116. The van der Waals surface area contributed by atoms with E-state index in [0.29, 0.717) is 43.2 Å². The van der Waals surface area contributed by atoms with Crippen molar-refractivity contribution in [1.29, 1.82) is 0 Å². The first-order chi connectivity index (χ1) is 17.1. The van der Waals surface area contributed by atoms with Crippen molar-refractivity contribution in [2.24, 2.45) is 0 Å². The molecule has 0 atom stereocenters. The summed E-state index contributed by atoms with van der Waals surface area (Å²) >= 11 is 0. The lowest BCUT2D eigenvalue weighted by Crippen LogP contribution is -2.35. The fraction of sp³-hybridized carbons (Fsp3) is 0.480. The summed E-state index contributed by atoms with van der Waals surface area (Å²) in [4.78, 5) is 13.0. The molecule has 9 nitrogen and oxygen atoms in total. The molecule has 0 spiro atoms. The van der Waals surface area contributed by atoms with E-state index in [1.165, 1.54) is 27.9 Å². The van der Waals surface area contributed by atoms with E-state index in [4.69, 9.17) is 4.74 Å². The average Bonchev–Trinajstić information content (AvgIpc) is 2.88. The fourth-order valence-electron chi connectivity index (χ4n) is 4.26. The maximum atomic E-state index is 13.1. The van der Waals surface area contributed by atoms with Gasteiger partial charge in [0.15, 0.2) is 0 Å². The van der Waals surface area contributed by atoms with Gasteiger partial charge in [0.25, 0.3) is 0 Å². The summed E-state index contributed by atoms with van der Waals surface area (Å²) in [5.74, 6) is 0.243. The SMILES string of the molecule is CCN(CC)S(=O)(=O)c1ccc(NC(=O)CCc2cc(S(=O)(=O)N3CCCCC3)ccc2OC)cc1. The van der Waals surface area contributed by atoms with Gasteiger partial charge in [-0.05, 0) is 67.3 Å². The second-order valence-electron chi connectivity index (χ2n) is 8.60. The van der Waals surface area contributed by atoms with E-state index in [2.05, 4.69) is 5.32 Å². The third-order valence-corrected chi connectivity index (χ3v) is 10.3. The molecular formula is C25H35N3O6S2. The summed E-state index contributed by atoms with van der Waals surface area (Å²) in [6.07, 6.45) is 3.12. The van der Waals surface area contributed by atoms with Crippen LogP contribution in [0.3, 0.4) is 0 Å². The largest absolute Gasteiger partial charge is 0.496 e. The van der Waals surface area contributed by atoms with Crippen molar-refractivity contribution >= 4 is 31.6 Å². The van der Waals surface area contributed by atoms with Crippen LogP contribution in [0.25, 0.3) is 0 Å². The molecule has 1 heterocycles. The molecule has 0 bridgehead atoms. The molecule has 1 amide bonds. The van der Waals surface area contributed by atoms with Crippen molar-refractivity contribution in [3.05, 3.63) is 48.0 Å². The van der Waals surface area contributed by atoms with E-state index < -0.39 is 20.0 Å². The zero-order valence-corrected chi connectivity index (χ0v) is 22.7. The highest BCUT2D eigenvalue weighted by atomic mass is 32.2. The summed E-state index contributed by atoms with van der Waals surface area (Å²) in [6.45, 7) is 5.34. The van der Waals surface area contributed by atoms with Crippen LogP contribution in [0.2, 0.25) is 0 Å². The molecule has 3 rings (SSSR count). The van der Waals surface area contributed by atoms with Crippen LogP contribution in [0.4, 0.5) is 5.69 Å². The molecule has 0 radical (unpaired) electrons. The number of anilines is 1. The Bertz CT molecular complexity index is 1250. The number of rotatable bonds is 11. The van der Waals surface area contributed by atoms with E-state index in [0.717, 1.165) is 19.3 Å². The van der Waals surface area contributed by atoms with Crippen molar-refractivity contribution in [3.8, 4) is 5.75 Å². The number of nitrogens with one attached hydrogen (secondary N) is 1. The molecule has 198 valence electrons. The number of piperidine rings is 1. The molecule has 1 N–H and O–H groups in total. The third kappa shape index (κ3) is 6.44. The smallest absolute Gasteiger partial charge is 0.243 e. The number of benzene rings is 2. The molecule has 1 saturated heterocycles. The van der Waals surface area contributed by atoms with Gasteiger partial charge in [0.2, 0.25) is 26.0 Å². The van der Waals surface area contributed by atoms with Gasteiger partial charge in [-0.15, -0.1) is 0 Å². The van der Waals surface area contributed by atoms with E-state index in [9.17, 15) is 21.6 Å². The number of carbonyl (C=O) groups excluding carboxylic acids is 1. The average molecular weight is 538 g/mol.